The summed E-state index contributed by atoms with van der Waals surface area (Å²) < 4.78 is 5.22. The van der Waals surface area contributed by atoms with Crippen molar-refractivity contribution in [1.29, 1.82) is 0 Å². The van der Waals surface area contributed by atoms with Gasteiger partial charge in [0.05, 0.1) is 5.54 Å². The first-order valence-electron chi connectivity index (χ1n) is 7.06. The quantitative estimate of drug-likeness (QED) is 0.553. The lowest BCUT2D eigenvalue weighted by molar-refractivity contribution is -0.106. The number of ether oxygens (including phenoxy) is 1. The van der Waals surface area contributed by atoms with Crippen LogP contribution in [0.2, 0.25) is 0 Å². The van der Waals surface area contributed by atoms with Gasteiger partial charge in [0.15, 0.2) is 0 Å². The third-order valence-electron chi connectivity index (χ3n) is 3.28. The van der Waals surface area contributed by atoms with Gasteiger partial charge in [-0.3, -0.25) is 9.69 Å². The molecule has 22 heavy (non-hydrogen) atoms. The summed E-state index contributed by atoms with van der Waals surface area (Å²) in [4.78, 5) is 28.0. The maximum Gasteiger partial charge on any atom is 0.409 e. The SMILES string of the molecule is CN(C)CCN(C)C(=O)OCCN(C)C(C)(C)C#CC(=O)S. The maximum atomic E-state index is 11.8. The molecule has 7 heteroatoms. The van der Waals surface area contributed by atoms with E-state index in [-0.39, 0.29) is 12.7 Å². The van der Waals surface area contributed by atoms with Crippen LogP contribution in [0.4, 0.5) is 4.79 Å². The minimum absolute atomic E-state index is 0.265. The molecule has 0 aliphatic rings. The van der Waals surface area contributed by atoms with Crippen LogP contribution >= 0.6 is 12.6 Å². The highest BCUT2D eigenvalue weighted by molar-refractivity contribution is 7.97. The lowest BCUT2D eigenvalue weighted by Crippen LogP contribution is -2.42. The molecule has 0 unspecified atom stereocenters. The van der Waals surface area contributed by atoms with Gasteiger partial charge in [0, 0.05) is 26.7 Å². The standard InChI is InChI=1S/C15H27N3O3S/c1-15(2,8-7-13(19)22)18(6)11-12-21-14(20)17(5)10-9-16(3)4/h9-12H2,1-6H3,(H,19,22). The minimum Gasteiger partial charge on any atom is -0.448 e. The highest BCUT2D eigenvalue weighted by atomic mass is 32.1. The van der Waals surface area contributed by atoms with Crippen LogP contribution in [0.25, 0.3) is 0 Å². The average molecular weight is 329 g/mol. The first-order valence-corrected chi connectivity index (χ1v) is 7.51. The third kappa shape index (κ3) is 8.93. The van der Waals surface area contributed by atoms with E-state index in [0.717, 1.165) is 6.54 Å². The van der Waals surface area contributed by atoms with Gasteiger partial charge >= 0.3 is 6.09 Å². The molecule has 0 aliphatic heterocycles. The Morgan fingerprint density at radius 1 is 1.09 bits per heavy atom. The molecular weight excluding hydrogens is 302 g/mol. The van der Waals surface area contributed by atoms with Gasteiger partial charge in [0.25, 0.3) is 5.12 Å². The van der Waals surface area contributed by atoms with E-state index >= 15 is 0 Å². The van der Waals surface area contributed by atoms with Crippen molar-refractivity contribution in [2.75, 3.05) is 54.4 Å². The fourth-order valence-corrected chi connectivity index (χ4v) is 1.46. The topological polar surface area (TPSA) is 53.1 Å². The van der Waals surface area contributed by atoms with Gasteiger partial charge < -0.3 is 14.5 Å². The van der Waals surface area contributed by atoms with Gasteiger partial charge in [-0.25, -0.2) is 4.79 Å². The van der Waals surface area contributed by atoms with Crippen LogP contribution in [0.3, 0.4) is 0 Å². The van der Waals surface area contributed by atoms with Crippen LogP contribution in [0.1, 0.15) is 13.8 Å². The second-order valence-corrected chi connectivity index (χ2v) is 6.28. The average Bonchev–Trinajstić information content (AvgIpc) is 2.42. The van der Waals surface area contributed by atoms with Crippen molar-refractivity contribution in [2.45, 2.75) is 19.4 Å². The number of hydrogen-bond acceptors (Lipinski definition) is 5. The summed E-state index contributed by atoms with van der Waals surface area (Å²) in [5.74, 6) is 5.27. The molecule has 0 saturated carbocycles. The Kier molecular flexibility index (Phi) is 9.18. The number of nitrogens with zero attached hydrogens (tertiary/aromatic N) is 3. The number of carbonyl (C=O) groups is 2. The van der Waals surface area contributed by atoms with Crippen molar-refractivity contribution in [1.82, 2.24) is 14.7 Å². The molecule has 0 bridgehead atoms. The normalized spacial score (nSPS) is 11.1. The van der Waals surface area contributed by atoms with E-state index in [1.165, 1.54) is 0 Å². The molecule has 0 atom stereocenters. The van der Waals surface area contributed by atoms with Crippen LogP contribution in [-0.4, -0.2) is 85.9 Å². The number of amides is 1. The zero-order valence-corrected chi connectivity index (χ0v) is 15.2. The second-order valence-electron chi connectivity index (χ2n) is 5.87. The molecule has 1 amide bonds. The summed E-state index contributed by atoms with van der Waals surface area (Å²) in [5, 5.41) is -0.463. The van der Waals surface area contributed by atoms with E-state index in [9.17, 15) is 9.59 Å². The van der Waals surface area contributed by atoms with Crippen molar-refractivity contribution in [3.05, 3.63) is 0 Å². The van der Waals surface area contributed by atoms with E-state index in [1.807, 2.05) is 44.8 Å². The molecule has 0 aromatic heterocycles. The Hall–Kier alpha value is -1.23. The maximum absolute atomic E-state index is 11.8. The first kappa shape index (κ1) is 20.8. The molecule has 0 aliphatic carbocycles. The Morgan fingerprint density at radius 2 is 1.68 bits per heavy atom. The minimum atomic E-state index is -0.498. The summed E-state index contributed by atoms with van der Waals surface area (Å²) in [6.45, 7) is 5.97. The van der Waals surface area contributed by atoms with Crippen molar-refractivity contribution < 1.29 is 14.3 Å². The van der Waals surface area contributed by atoms with E-state index < -0.39 is 10.7 Å². The van der Waals surface area contributed by atoms with Crippen molar-refractivity contribution >= 4 is 23.8 Å². The number of carbonyl (C=O) groups excluding carboxylic acids is 2. The van der Waals surface area contributed by atoms with Gasteiger partial charge in [0.2, 0.25) is 0 Å². The summed E-state index contributed by atoms with van der Waals surface area (Å²) in [5.41, 5.74) is -0.498. The Bertz CT molecular complexity index is 441. The van der Waals surface area contributed by atoms with Gasteiger partial charge in [-0.15, -0.1) is 0 Å². The molecule has 0 aromatic rings. The lowest BCUT2D eigenvalue weighted by atomic mass is 10.0. The molecule has 0 rings (SSSR count). The summed E-state index contributed by atoms with van der Waals surface area (Å²) in [7, 11) is 7.48. The molecule has 0 heterocycles. The van der Waals surface area contributed by atoms with Crippen LogP contribution < -0.4 is 0 Å². The predicted octanol–water partition coefficient (Wildman–Crippen LogP) is 0.787. The summed E-state index contributed by atoms with van der Waals surface area (Å²) in [6, 6.07) is 0. The van der Waals surface area contributed by atoms with Gasteiger partial charge in [-0.2, -0.15) is 0 Å². The lowest BCUT2D eigenvalue weighted by Gasteiger charge is -2.30. The Morgan fingerprint density at radius 3 is 2.18 bits per heavy atom. The number of rotatable bonds is 7. The van der Waals surface area contributed by atoms with Gasteiger partial charge in [-0.05, 0) is 40.9 Å². The fraction of sp³-hybridized carbons (Fsp3) is 0.733. The number of hydrogen-bond donors (Lipinski definition) is 1. The first-order chi connectivity index (χ1) is 10.1. The molecule has 0 saturated heterocycles. The van der Waals surface area contributed by atoms with Crippen molar-refractivity contribution in [3.63, 3.8) is 0 Å². The molecule has 0 fully saturated rings. The van der Waals surface area contributed by atoms with Gasteiger partial charge in [-0.1, -0.05) is 18.5 Å². The largest absolute Gasteiger partial charge is 0.448 e. The molecular formula is C15H27N3O3S. The van der Waals surface area contributed by atoms with Crippen molar-refractivity contribution in [2.24, 2.45) is 0 Å². The molecule has 0 N–H and O–H groups in total. The van der Waals surface area contributed by atoms with Crippen LogP contribution in [0.5, 0.6) is 0 Å². The zero-order chi connectivity index (χ0) is 17.3. The number of likely N-dealkylation sites (N-methyl/N-ethyl adjacent to an activating group) is 3. The Balaban J connectivity index is 4.21. The summed E-state index contributed by atoms with van der Waals surface area (Å²) >= 11 is 3.62. The third-order valence-corrected chi connectivity index (χ3v) is 3.39. The van der Waals surface area contributed by atoms with Crippen LogP contribution in [-0.2, 0) is 9.53 Å². The van der Waals surface area contributed by atoms with Crippen LogP contribution in [0.15, 0.2) is 0 Å². The molecule has 126 valence electrons. The van der Waals surface area contributed by atoms with E-state index in [0.29, 0.717) is 13.1 Å². The highest BCUT2D eigenvalue weighted by Crippen LogP contribution is 2.10. The second kappa shape index (κ2) is 9.72. The van der Waals surface area contributed by atoms with E-state index in [4.69, 9.17) is 4.74 Å². The highest BCUT2D eigenvalue weighted by Gasteiger charge is 2.21. The fourth-order valence-electron chi connectivity index (χ4n) is 1.40. The molecule has 6 nitrogen and oxygen atoms in total. The Labute approximate surface area is 139 Å². The van der Waals surface area contributed by atoms with E-state index in [1.54, 1.807) is 11.9 Å². The van der Waals surface area contributed by atoms with Crippen molar-refractivity contribution in [3.8, 4) is 11.8 Å². The smallest absolute Gasteiger partial charge is 0.409 e. The monoisotopic (exact) mass is 329 g/mol. The van der Waals surface area contributed by atoms with E-state index in [2.05, 4.69) is 24.5 Å². The molecule has 0 radical (unpaired) electrons. The molecule has 0 aromatic carbocycles. The summed E-state index contributed by atoms with van der Waals surface area (Å²) in [6.07, 6.45) is -0.343. The van der Waals surface area contributed by atoms with Crippen LogP contribution in [0, 0.1) is 11.8 Å². The number of thiol groups is 1. The molecule has 0 spiro atoms. The van der Waals surface area contributed by atoms with Gasteiger partial charge in [0.1, 0.15) is 6.61 Å². The zero-order valence-electron chi connectivity index (χ0n) is 14.3. The predicted molar refractivity (Wildman–Crippen MR) is 91.0 cm³/mol.